The monoisotopic (exact) mass is 251 g/mol. The number of hydrogen-bond acceptors (Lipinski definition) is 2. The van der Waals surface area contributed by atoms with Crippen molar-refractivity contribution in [2.75, 3.05) is 13.1 Å². The lowest BCUT2D eigenvalue weighted by Crippen LogP contribution is -2.36. The average Bonchev–Trinajstić information content (AvgIpc) is 2.92. The maximum absolute atomic E-state index is 9.95. The Kier molecular flexibility index (Phi) is 4.25. The molecule has 2 N–H and O–H groups in total. The van der Waals surface area contributed by atoms with E-state index in [1.54, 1.807) is 0 Å². The molecule has 18 heavy (non-hydrogen) atoms. The minimum atomic E-state index is 0.00743. The number of rotatable bonds is 2. The van der Waals surface area contributed by atoms with Gasteiger partial charge in [-0.1, -0.05) is 19.3 Å². The minimum absolute atomic E-state index is 0.00743. The maximum Gasteiger partial charge on any atom is 0.0543 e. The molecule has 2 nitrogen and oxygen atoms in total. The Morgan fingerprint density at radius 2 is 1.56 bits per heavy atom. The molecule has 1 aliphatic heterocycles. The molecule has 104 valence electrons. The van der Waals surface area contributed by atoms with Crippen molar-refractivity contribution >= 4 is 0 Å². The van der Waals surface area contributed by atoms with E-state index in [1.807, 2.05) is 0 Å². The Morgan fingerprint density at radius 1 is 0.778 bits per heavy atom. The first-order chi connectivity index (χ1) is 8.84. The van der Waals surface area contributed by atoms with Crippen molar-refractivity contribution in [1.29, 1.82) is 0 Å². The van der Waals surface area contributed by atoms with Crippen LogP contribution in [-0.2, 0) is 0 Å². The van der Waals surface area contributed by atoms with Crippen LogP contribution in [-0.4, -0.2) is 24.3 Å². The van der Waals surface area contributed by atoms with Crippen molar-refractivity contribution in [1.82, 2.24) is 5.32 Å². The predicted octanol–water partition coefficient (Wildman–Crippen LogP) is 2.95. The van der Waals surface area contributed by atoms with Crippen LogP contribution in [0.2, 0.25) is 0 Å². The highest BCUT2D eigenvalue weighted by Crippen LogP contribution is 2.45. The maximum atomic E-state index is 9.95. The van der Waals surface area contributed by atoms with E-state index in [-0.39, 0.29) is 6.10 Å². The summed E-state index contributed by atoms with van der Waals surface area (Å²) in [5.74, 6) is 3.66. The number of hydrogen-bond donors (Lipinski definition) is 2. The molecular formula is C16H29NO. The van der Waals surface area contributed by atoms with Gasteiger partial charge < -0.3 is 10.4 Å². The quantitative estimate of drug-likeness (QED) is 0.791. The summed E-state index contributed by atoms with van der Waals surface area (Å²) in [7, 11) is 0. The summed E-state index contributed by atoms with van der Waals surface area (Å²) in [5.41, 5.74) is 0. The van der Waals surface area contributed by atoms with Gasteiger partial charge in [-0.25, -0.2) is 0 Å². The van der Waals surface area contributed by atoms with E-state index >= 15 is 0 Å². The van der Waals surface area contributed by atoms with Crippen molar-refractivity contribution in [3.05, 3.63) is 0 Å². The first-order valence-corrected chi connectivity index (χ1v) is 8.23. The Morgan fingerprint density at radius 3 is 2.22 bits per heavy atom. The van der Waals surface area contributed by atoms with Crippen LogP contribution in [0.15, 0.2) is 0 Å². The fraction of sp³-hybridized carbons (Fsp3) is 1.00. The van der Waals surface area contributed by atoms with Gasteiger partial charge in [-0.3, -0.25) is 0 Å². The molecule has 0 spiro atoms. The highest BCUT2D eigenvalue weighted by atomic mass is 16.3. The Labute approximate surface area is 112 Å². The van der Waals surface area contributed by atoms with Crippen LogP contribution < -0.4 is 5.32 Å². The van der Waals surface area contributed by atoms with Crippen LogP contribution in [0.5, 0.6) is 0 Å². The molecule has 3 rings (SSSR count). The van der Waals surface area contributed by atoms with Crippen molar-refractivity contribution in [2.45, 2.75) is 63.9 Å². The summed E-state index contributed by atoms with van der Waals surface area (Å²) in [5, 5.41) is 13.5. The second-order valence-corrected chi connectivity index (χ2v) is 6.95. The van der Waals surface area contributed by atoms with Crippen LogP contribution >= 0.6 is 0 Å². The molecule has 0 bridgehead atoms. The van der Waals surface area contributed by atoms with Gasteiger partial charge in [-0.15, -0.1) is 0 Å². The van der Waals surface area contributed by atoms with E-state index in [0.29, 0.717) is 0 Å². The van der Waals surface area contributed by atoms with Crippen molar-refractivity contribution in [3.8, 4) is 0 Å². The Balaban J connectivity index is 1.66. The Hall–Kier alpha value is -0.0800. The fourth-order valence-corrected chi connectivity index (χ4v) is 4.99. The van der Waals surface area contributed by atoms with Crippen LogP contribution in [0.1, 0.15) is 57.8 Å². The molecule has 1 saturated heterocycles. The summed E-state index contributed by atoms with van der Waals surface area (Å²) in [6.07, 6.45) is 12.0. The second-order valence-electron chi connectivity index (χ2n) is 6.95. The molecule has 2 aliphatic carbocycles. The van der Waals surface area contributed by atoms with Crippen LogP contribution in [0.4, 0.5) is 0 Å². The molecular weight excluding hydrogens is 222 g/mol. The molecule has 0 aromatic heterocycles. The van der Waals surface area contributed by atoms with Gasteiger partial charge in [0.15, 0.2) is 0 Å². The molecule has 3 fully saturated rings. The van der Waals surface area contributed by atoms with Crippen LogP contribution in [0, 0.1) is 23.7 Å². The lowest BCUT2D eigenvalue weighted by atomic mass is 9.64. The van der Waals surface area contributed by atoms with Gasteiger partial charge in [0.1, 0.15) is 0 Å². The predicted molar refractivity (Wildman–Crippen MR) is 74.4 cm³/mol. The largest absolute Gasteiger partial charge is 0.393 e. The first kappa shape index (κ1) is 12.9. The van der Waals surface area contributed by atoms with Gasteiger partial charge in [0, 0.05) is 0 Å². The van der Waals surface area contributed by atoms with Gasteiger partial charge in [0.25, 0.3) is 0 Å². The number of aliphatic hydroxyl groups excluding tert-OH is 1. The fourth-order valence-electron chi connectivity index (χ4n) is 4.99. The summed E-state index contributed by atoms with van der Waals surface area (Å²) < 4.78 is 0. The van der Waals surface area contributed by atoms with Crippen LogP contribution in [0.3, 0.4) is 0 Å². The van der Waals surface area contributed by atoms with Gasteiger partial charge in [-0.2, -0.15) is 0 Å². The standard InChI is InChI=1S/C16H29NO/c18-14-5-3-4-12(10-14)15-6-1-2-7-16(15)13-8-9-17-11-13/h12-18H,1-11H2/t12?,13-,14?,15?,16?/m0/s1. The molecule has 0 aromatic carbocycles. The van der Waals surface area contributed by atoms with E-state index in [4.69, 9.17) is 0 Å². The van der Waals surface area contributed by atoms with Gasteiger partial charge >= 0.3 is 0 Å². The Bertz CT molecular complexity index is 262. The summed E-state index contributed by atoms with van der Waals surface area (Å²) in [6.45, 7) is 2.50. The topological polar surface area (TPSA) is 32.3 Å². The zero-order chi connectivity index (χ0) is 12.4. The lowest BCUT2D eigenvalue weighted by molar-refractivity contribution is 0.0354. The SMILES string of the molecule is OC1CCCC(C2CCCCC2[C@H]2CCNC2)C1. The molecule has 0 radical (unpaired) electrons. The second kappa shape index (κ2) is 5.92. The van der Waals surface area contributed by atoms with Crippen molar-refractivity contribution < 1.29 is 5.11 Å². The van der Waals surface area contributed by atoms with E-state index in [9.17, 15) is 5.11 Å². The third kappa shape index (κ3) is 2.75. The molecule has 1 heterocycles. The smallest absolute Gasteiger partial charge is 0.0543 e. The molecule has 2 heteroatoms. The van der Waals surface area contributed by atoms with E-state index < -0.39 is 0 Å². The van der Waals surface area contributed by atoms with Crippen LogP contribution in [0.25, 0.3) is 0 Å². The van der Waals surface area contributed by atoms with E-state index in [0.717, 1.165) is 36.5 Å². The molecule has 0 aromatic rings. The molecule has 2 saturated carbocycles. The normalized spacial score (nSPS) is 46.2. The van der Waals surface area contributed by atoms with E-state index in [2.05, 4.69) is 5.32 Å². The van der Waals surface area contributed by atoms with E-state index in [1.165, 1.54) is 58.0 Å². The van der Waals surface area contributed by atoms with Gasteiger partial charge in [0.05, 0.1) is 6.10 Å². The molecule has 4 unspecified atom stereocenters. The third-order valence-corrected chi connectivity index (χ3v) is 5.87. The number of aliphatic hydroxyl groups is 1. The highest BCUT2D eigenvalue weighted by Gasteiger charge is 2.38. The highest BCUT2D eigenvalue weighted by molar-refractivity contribution is 4.90. The van der Waals surface area contributed by atoms with Gasteiger partial charge in [-0.05, 0) is 75.3 Å². The third-order valence-electron chi connectivity index (χ3n) is 5.87. The minimum Gasteiger partial charge on any atom is -0.393 e. The summed E-state index contributed by atoms with van der Waals surface area (Å²) in [6, 6.07) is 0. The zero-order valence-corrected chi connectivity index (χ0v) is 11.6. The van der Waals surface area contributed by atoms with Crippen molar-refractivity contribution in [3.63, 3.8) is 0 Å². The van der Waals surface area contributed by atoms with Gasteiger partial charge in [0.2, 0.25) is 0 Å². The summed E-state index contributed by atoms with van der Waals surface area (Å²) >= 11 is 0. The average molecular weight is 251 g/mol. The molecule has 0 amide bonds. The number of nitrogens with one attached hydrogen (secondary N) is 1. The molecule has 3 aliphatic rings. The van der Waals surface area contributed by atoms with Crippen molar-refractivity contribution in [2.24, 2.45) is 23.7 Å². The first-order valence-electron chi connectivity index (χ1n) is 8.23. The lowest BCUT2D eigenvalue weighted by Gasteiger charge is -2.42. The zero-order valence-electron chi connectivity index (χ0n) is 11.6. The summed E-state index contributed by atoms with van der Waals surface area (Å²) in [4.78, 5) is 0. The molecule has 5 atom stereocenters.